The van der Waals surface area contributed by atoms with Crippen LogP contribution >= 0.6 is 15.9 Å². The van der Waals surface area contributed by atoms with Gasteiger partial charge in [0, 0.05) is 18.5 Å². The largest absolute Gasteiger partial charge is 0.367 e. The number of aromatic nitrogens is 2. The third-order valence-electron chi connectivity index (χ3n) is 3.75. The van der Waals surface area contributed by atoms with Crippen molar-refractivity contribution in [3.05, 3.63) is 16.5 Å². The SMILES string of the molecule is CCc1nc(Br)cc(NC2CCCCCC2C)n1. The van der Waals surface area contributed by atoms with Crippen molar-refractivity contribution in [3.63, 3.8) is 0 Å². The maximum Gasteiger partial charge on any atom is 0.131 e. The Kier molecular flexibility index (Phi) is 4.98. The third-order valence-corrected chi connectivity index (χ3v) is 4.16. The molecule has 1 N–H and O–H groups in total. The van der Waals surface area contributed by atoms with Crippen molar-refractivity contribution in [1.29, 1.82) is 0 Å². The van der Waals surface area contributed by atoms with Gasteiger partial charge in [-0.15, -0.1) is 0 Å². The van der Waals surface area contributed by atoms with E-state index < -0.39 is 0 Å². The van der Waals surface area contributed by atoms with Crippen LogP contribution in [0.15, 0.2) is 10.7 Å². The molecule has 2 unspecified atom stereocenters. The van der Waals surface area contributed by atoms with Crippen LogP contribution in [0.25, 0.3) is 0 Å². The molecule has 0 bridgehead atoms. The highest BCUT2D eigenvalue weighted by Crippen LogP contribution is 2.26. The lowest BCUT2D eigenvalue weighted by Gasteiger charge is -2.23. The Balaban J connectivity index is 2.09. The number of halogens is 1. The van der Waals surface area contributed by atoms with E-state index >= 15 is 0 Å². The molecule has 100 valence electrons. The maximum absolute atomic E-state index is 4.56. The fraction of sp³-hybridized carbons (Fsp3) is 0.714. The molecular weight excluding hydrogens is 290 g/mol. The third kappa shape index (κ3) is 3.67. The van der Waals surface area contributed by atoms with Crippen LogP contribution in [0.1, 0.15) is 51.8 Å². The summed E-state index contributed by atoms with van der Waals surface area (Å²) in [6, 6.07) is 2.54. The van der Waals surface area contributed by atoms with Crippen molar-refractivity contribution >= 4 is 21.7 Å². The summed E-state index contributed by atoms with van der Waals surface area (Å²) in [5.41, 5.74) is 0. The van der Waals surface area contributed by atoms with E-state index in [1.807, 2.05) is 6.07 Å². The fourth-order valence-corrected chi connectivity index (χ4v) is 3.02. The van der Waals surface area contributed by atoms with Gasteiger partial charge in [-0.2, -0.15) is 0 Å². The van der Waals surface area contributed by atoms with Crippen LogP contribution < -0.4 is 5.32 Å². The van der Waals surface area contributed by atoms with E-state index in [9.17, 15) is 0 Å². The minimum Gasteiger partial charge on any atom is -0.367 e. The van der Waals surface area contributed by atoms with Gasteiger partial charge in [0.1, 0.15) is 16.2 Å². The van der Waals surface area contributed by atoms with Crippen LogP contribution in [-0.2, 0) is 6.42 Å². The molecule has 0 aliphatic heterocycles. The molecule has 0 amide bonds. The molecule has 2 atom stereocenters. The minimum absolute atomic E-state index is 0.555. The second kappa shape index (κ2) is 6.50. The number of aryl methyl sites for hydroxylation is 1. The molecule has 2 rings (SSSR count). The van der Waals surface area contributed by atoms with Crippen molar-refractivity contribution in [1.82, 2.24) is 9.97 Å². The Labute approximate surface area is 118 Å². The normalized spacial score (nSPS) is 24.6. The molecule has 3 nitrogen and oxygen atoms in total. The summed E-state index contributed by atoms with van der Waals surface area (Å²) < 4.78 is 0.873. The Hall–Kier alpha value is -0.640. The lowest BCUT2D eigenvalue weighted by atomic mass is 9.97. The number of anilines is 1. The summed E-state index contributed by atoms with van der Waals surface area (Å²) in [5, 5.41) is 3.61. The van der Waals surface area contributed by atoms with Gasteiger partial charge < -0.3 is 5.32 Å². The average Bonchev–Trinajstić information content (AvgIpc) is 2.54. The number of hydrogen-bond acceptors (Lipinski definition) is 3. The molecule has 0 spiro atoms. The highest BCUT2D eigenvalue weighted by Gasteiger charge is 2.20. The summed E-state index contributed by atoms with van der Waals surface area (Å²) >= 11 is 3.46. The smallest absolute Gasteiger partial charge is 0.131 e. The highest BCUT2D eigenvalue weighted by molar-refractivity contribution is 9.10. The molecule has 1 heterocycles. The fourth-order valence-electron chi connectivity index (χ4n) is 2.59. The standard InChI is InChI=1S/C14H22BrN3/c1-3-13-17-12(15)9-14(18-13)16-11-8-6-4-5-7-10(11)2/h9-11H,3-8H2,1-2H3,(H,16,17,18). The quantitative estimate of drug-likeness (QED) is 0.672. The topological polar surface area (TPSA) is 37.8 Å². The second-order valence-electron chi connectivity index (χ2n) is 5.21. The Morgan fingerprint density at radius 3 is 2.83 bits per heavy atom. The summed E-state index contributed by atoms with van der Waals surface area (Å²) in [7, 11) is 0. The van der Waals surface area contributed by atoms with Gasteiger partial charge in [-0.25, -0.2) is 9.97 Å². The zero-order valence-corrected chi connectivity index (χ0v) is 12.8. The van der Waals surface area contributed by atoms with E-state index in [0.29, 0.717) is 6.04 Å². The lowest BCUT2D eigenvalue weighted by molar-refractivity contribution is 0.455. The van der Waals surface area contributed by atoms with Gasteiger partial charge in [0.05, 0.1) is 0 Å². The van der Waals surface area contributed by atoms with Gasteiger partial charge in [-0.1, -0.05) is 33.1 Å². The van der Waals surface area contributed by atoms with Gasteiger partial charge in [0.15, 0.2) is 0 Å². The maximum atomic E-state index is 4.56. The molecule has 4 heteroatoms. The molecule has 18 heavy (non-hydrogen) atoms. The molecule has 1 fully saturated rings. The zero-order valence-electron chi connectivity index (χ0n) is 11.2. The summed E-state index contributed by atoms with van der Waals surface area (Å²) in [6.45, 7) is 4.43. The van der Waals surface area contributed by atoms with Crippen LogP contribution in [0.3, 0.4) is 0 Å². The van der Waals surface area contributed by atoms with Gasteiger partial charge in [-0.3, -0.25) is 0 Å². The molecule has 0 saturated heterocycles. The molecule has 1 aromatic rings. The minimum atomic E-state index is 0.555. The molecule has 0 aromatic carbocycles. The highest BCUT2D eigenvalue weighted by atomic mass is 79.9. The van der Waals surface area contributed by atoms with Crippen LogP contribution in [0.4, 0.5) is 5.82 Å². The Morgan fingerprint density at radius 2 is 2.06 bits per heavy atom. The van der Waals surface area contributed by atoms with Crippen molar-refractivity contribution in [2.45, 2.75) is 58.4 Å². The lowest BCUT2D eigenvalue weighted by Crippen LogP contribution is -2.27. The Bertz CT molecular complexity index is 395. The number of nitrogens with zero attached hydrogens (tertiary/aromatic N) is 2. The number of nitrogens with one attached hydrogen (secondary N) is 1. The number of hydrogen-bond donors (Lipinski definition) is 1. The van der Waals surface area contributed by atoms with Gasteiger partial charge in [0.2, 0.25) is 0 Å². The first-order valence-corrected chi connectivity index (χ1v) is 7.78. The first kappa shape index (κ1) is 13.8. The molecule has 1 aliphatic carbocycles. The molecule has 0 radical (unpaired) electrons. The van der Waals surface area contributed by atoms with E-state index in [-0.39, 0.29) is 0 Å². The Morgan fingerprint density at radius 1 is 1.28 bits per heavy atom. The predicted octanol–water partition coefficient (Wildman–Crippen LogP) is 4.18. The van der Waals surface area contributed by atoms with Crippen molar-refractivity contribution in [2.24, 2.45) is 5.92 Å². The van der Waals surface area contributed by atoms with Crippen molar-refractivity contribution in [2.75, 3.05) is 5.32 Å². The molecular formula is C14H22BrN3. The van der Waals surface area contributed by atoms with E-state index in [2.05, 4.69) is 45.1 Å². The number of rotatable bonds is 3. The first-order chi connectivity index (χ1) is 8.69. The molecule has 1 aliphatic rings. The van der Waals surface area contributed by atoms with Crippen LogP contribution in [0, 0.1) is 5.92 Å². The van der Waals surface area contributed by atoms with Crippen LogP contribution in [-0.4, -0.2) is 16.0 Å². The van der Waals surface area contributed by atoms with Gasteiger partial charge in [0.25, 0.3) is 0 Å². The van der Waals surface area contributed by atoms with Crippen molar-refractivity contribution < 1.29 is 0 Å². The second-order valence-corrected chi connectivity index (χ2v) is 6.02. The van der Waals surface area contributed by atoms with Gasteiger partial charge in [-0.05, 0) is 34.7 Å². The predicted molar refractivity (Wildman–Crippen MR) is 78.8 cm³/mol. The van der Waals surface area contributed by atoms with E-state index in [1.54, 1.807) is 0 Å². The van der Waals surface area contributed by atoms with Gasteiger partial charge >= 0.3 is 0 Å². The van der Waals surface area contributed by atoms with Crippen molar-refractivity contribution in [3.8, 4) is 0 Å². The zero-order chi connectivity index (χ0) is 13.0. The molecule has 1 aromatic heterocycles. The summed E-state index contributed by atoms with van der Waals surface area (Å²) in [6.07, 6.45) is 7.52. The van der Waals surface area contributed by atoms with E-state index in [4.69, 9.17) is 0 Å². The summed E-state index contributed by atoms with van der Waals surface area (Å²) in [5.74, 6) is 2.59. The molecule has 1 saturated carbocycles. The first-order valence-electron chi connectivity index (χ1n) is 6.99. The van der Waals surface area contributed by atoms with Crippen LogP contribution in [0.5, 0.6) is 0 Å². The van der Waals surface area contributed by atoms with E-state index in [1.165, 1.54) is 32.1 Å². The summed E-state index contributed by atoms with van der Waals surface area (Å²) in [4.78, 5) is 8.91. The monoisotopic (exact) mass is 311 g/mol. The van der Waals surface area contributed by atoms with Crippen LogP contribution in [0.2, 0.25) is 0 Å². The van der Waals surface area contributed by atoms with E-state index in [0.717, 1.165) is 28.6 Å². The average molecular weight is 312 g/mol.